The van der Waals surface area contributed by atoms with Crippen molar-refractivity contribution in [2.24, 2.45) is 0 Å². The van der Waals surface area contributed by atoms with Gasteiger partial charge in [-0.3, -0.25) is 0 Å². The predicted octanol–water partition coefficient (Wildman–Crippen LogP) is 1.95. The highest BCUT2D eigenvalue weighted by atomic mass is 16.5. The Morgan fingerprint density at radius 1 is 1.17 bits per heavy atom. The van der Waals surface area contributed by atoms with Crippen LogP contribution in [0.25, 0.3) is 0 Å². The Labute approximate surface area is 138 Å². The molecule has 0 radical (unpaired) electrons. The molecule has 2 fully saturated rings. The Hall–Kier alpha value is -1.30. The number of aliphatic hydroxyl groups is 1. The lowest BCUT2D eigenvalue weighted by Crippen LogP contribution is -2.46. The van der Waals surface area contributed by atoms with E-state index >= 15 is 0 Å². The highest BCUT2D eigenvalue weighted by Gasteiger charge is 2.31. The molecule has 1 aromatic carbocycles. The predicted molar refractivity (Wildman–Crippen MR) is 90.1 cm³/mol. The van der Waals surface area contributed by atoms with Gasteiger partial charge in [-0.1, -0.05) is 0 Å². The summed E-state index contributed by atoms with van der Waals surface area (Å²) in [5.74, 6) is 1.41. The van der Waals surface area contributed by atoms with Crippen LogP contribution in [0.2, 0.25) is 0 Å². The van der Waals surface area contributed by atoms with E-state index in [9.17, 15) is 5.11 Å². The standard InChI is InChI=1S/C18H28N2O3/c1-22-16-8-13(9-17(11-16)23-2)18(21)12-19-14-5-7-20-6-3-4-15(20)10-14/h8-9,11,14-15,18-19,21H,3-7,10,12H2,1-2H3. The molecule has 2 saturated heterocycles. The van der Waals surface area contributed by atoms with Crippen molar-refractivity contribution in [1.82, 2.24) is 10.2 Å². The maximum atomic E-state index is 10.5. The highest BCUT2D eigenvalue weighted by molar-refractivity contribution is 5.39. The summed E-state index contributed by atoms with van der Waals surface area (Å²) < 4.78 is 10.5. The number of nitrogens with one attached hydrogen (secondary N) is 1. The van der Waals surface area contributed by atoms with E-state index < -0.39 is 6.10 Å². The summed E-state index contributed by atoms with van der Waals surface area (Å²) in [7, 11) is 3.25. The zero-order valence-electron chi connectivity index (χ0n) is 14.1. The zero-order chi connectivity index (χ0) is 16.2. The first kappa shape index (κ1) is 16.6. The molecule has 0 amide bonds. The molecule has 0 bridgehead atoms. The minimum atomic E-state index is -0.555. The highest BCUT2D eigenvalue weighted by Crippen LogP contribution is 2.28. The smallest absolute Gasteiger partial charge is 0.122 e. The number of ether oxygens (including phenoxy) is 2. The first-order chi connectivity index (χ1) is 11.2. The van der Waals surface area contributed by atoms with Crippen LogP contribution >= 0.6 is 0 Å². The summed E-state index contributed by atoms with van der Waals surface area (Å²) >= 11 is 0. The molecule has 0 aromatic heterocycles. The largest absolute Gasteiger partial charge is 0.497 e. The van der Waals surface area contributed by atoms with Crippen LogP contribution in [0.4, 0.5) is 0 Å². The van der Waals surface area contributed by atoms with E-state index in [4.69, 9.17) is 9.47 Å². The maximum Gasteiger partial charge on any atom is 0.122 e. The normalized spacial score (nSPS) is 25.9. The third-order valence-corrected chi connectivity index (χ3v) is 5.18. The van der Waals surface area contributed by atoms with Crippen LogP contribution in [-0.4, -0.2) is 55.9 Å². The van der Waals surface area contributed by atoms with Gasteiger partial charge in [0.05, 0.1) is 20.3 Å². The van der Waals surface area contributed by atoms with Crippen molar-refractivity contribution in [1.29, 1.82) is 0 Å². The second-order valence-electron chi connectivity index (χ2n) is 6.62. The number of hydrogen-bond donors (Lipinski definition) is 2. The van der Waals surface area contributed by atoms with Gasteiger partial charge in [-0.05, 0) is 56.5 Å². The zero-order valence-corrected chi connectivity index (χ0v) is 14.1. The molecule has 128 valence electrons. The monoisotopic (exact) mass is 320 g/mol. The van der Waals surface area contributed by atoms with Crippen molar-refractivity contribution in [2.75, 3.05) is 33.9 Å². The van der Waals surface area contributed by atoms with Crippen LogP contribution in [-0.2, 0) is 0 Å². The van der Waals surface area contributed by atoms with Crippen LogP contribution in [0.15, 0.2) is 18.2 Å². The van der Waals surface area contributed by atoms with Crippen LogP contribution in [0.3, 0.4) is 0 Å². The van der Waals surface area contributed by atoms with E-state index in [1.54, 1.807) is 14.2 Å². The van der Waals surface area contributed by atoms with Gasteiger partial charge in [0, 0.05) is 24.7 Å². The molecule has 3 rings (SSSR count). The second-order valence-corrected chi connectivity index (χ2v) is 6.62. The molecule has 0 spiro atoms. The lowest BCUT2D eigenvalue weighted by atomic mass is 9.97. The average Bonchev–Trinajstić information content (AvgIpc) is 3.06. The molecule has 2 N–H and O–H groups in total. The van der Waals surface area contributed by atoms with Crippen LogP contribution < -0.4 is 14.8 Å². The van der Waals surface area contributed by atoms with E-state index in [0.29, 0.717) is 24.1 Å². The number of benzene rings is 1. The van der Waals surface area contributed by atoms with Crippen molar-refractivity contribution in [3.8, 4) is 11.5 Å². The SMILES string of the molecule is COc1cc(OC)cc(C(O)CNC2CCN3CCCC3C2)c1. The van der Waals surface area contributed by atoms with E-state index in [-0.39, 0.29) is 0 Å². The molecule has 5 heteroatoms. The van der Waals surface area contributed by atoms with Gasteiger partial charge in [0.1, 0.15) is 11.5 Å². The number of aliphatic hydroxyl groups excluding tert-OH is 1. The van der Waals surface area contributed by atoms with E-state index in [0.717, 1.165) is 11.6 Å². The third-order valence-electron chi connectivity index (χ3n) is 5.18. The minimum absolute atomic E-state index is 0.511. The number of nitrogens with zero attached hydrogens (tertiary/aromatic N) is 1. The van der Waals surface area contributed by atoms with Gasteiger partial charge in [0.25, 0.3) is 0 Å². The fourth-order valence-electron chi connectivity index (χ4n) is 3.83. The lowest BCUT2D eigenvalue weighted by molar-refractivity contribution is 0.138. The molecule has 3 unspecified atom stereocenters. The Kier molecular flexibility index (Phi) is 5.41. The van der Waals surface area contributed by atoms with Gasteiger partial charge in [-0.2, -0.15) is 0 Å². The average molecular weight is 320 g/mol. The van der Waals surface area contributed by atoms with Crippen molar-refractivity contribution in [3.63, 3.8) is 0 Å². The van der Waals surface area contributed by atoms with Crippen LogP contribution in [0, 0.1) is 0 Å². The Balaban J connectivity index is 1.55. The Bertz CT molecular complexity index is 501. The van der Waals surface area contributed by atoms with Gasteiger partial charge >= 0.3 is 0 Å². The number of hydrogen-bond acceptors (Lipinski definition) is 5. The van der Waals surface area contributed by atoms with Gasteiger partial charge in [0.2, 0.25) is 0 Å². The van der Waals surface area contributed by atoms with Gasteiger partial charge in [-0.25, -0.2) is 0 Å². The van der Waals surface area contributed by atoms with Gasteiger partial charge in [0.15, 0.2) is 0 Å². The van der Waals surface area contributed by atoms with Crippen molar-refractivity contribution < 1.29 is 14.6 Å². The minimum Gasteiger partial charge on any atom is -0.497 e. The fourth-order valence-corrected chi connectivity index (χ4v) is 3.83. The van der Waals surface area contributed by atoms with Crippen molar-refractivity contribution in [2.45, 2.75) is 43.9 Å². The van der Waals surface area contributed by atoms with E-state index in [1.165, 1.54) is 38.8 Å². The Morgan fingerprint density at radius 2 is 1.91 bits per heavy atom. The summed E-state index contributed by atoms with van der Waals surface area (Å²) in [4.78, 5) is 2.61. The van der Waals surface area contributed by atoms with Crippen molar-refractivity contribution >= 4 is 0 Å². The summed E-state index contributed by atoms with van der Waals surface area (Å²) in [5, 5.41) is 14.0. The Morgan fingerprint density at radius 3 is 2.61 bits per heavy atom. The molecule has 0 aliphatic carbocycles. The first-order valence-electron chi connectivity index (χ1n) is 8.58. The molecular weight excluding hydrogens is 292 g/mol. The molecule has 2 heterocycles. The second kappa shape index (κ2) is 7.51. The summed E-state index contributed by atoms with van der Waals surface area (Å²) in [6, 6.07) is 6.81. The van der Waals surface area contributed by atoms with E-state index in [1.807, 2.05) is 18.2 Å². The number of methoxy groups -OCH3 is 2. The number of rotatable bonds is 6. The summed E-state index contributed by atoms with van der Waals surface area (Å²) in [6.07, 6.45) is 4.48. The molecule has 2 aliphatic heterocycles. The fraction of sp³-hybridized carbons (Fsp3) is 0.667. The topological polar surface area (TPSA) is 54.0 Å². The first-order valence-corrected chi connectivity index (χ1v) is 8.58. The molecule has 0 saturated carbocycles. The third kappa shape index (κ3) is 3.97. The molecule has 5 nitrogen and oxygen atoms in total. The molecule has 1 aromatic rings. The van der Waals surface area contributed by atoms with Crippen LogP contribution in [0.5, 0.6) is 11.5 Å². The van der Waals surface area contributed by atoms with Gasteiger partial charge < -0.3 is 24.8 Å². The maximum absolute atomic E-state index is 10.5. The quantitative estimate of drug-likeness (QED) is 0.839. The molecular formula is C18H28N2O3. The summed E-state index contributed by atoms with van der Waals surface area (Å²) in [5.41, 5.74) is 0.826. The van der Waals surface area contributed by atoms with Gasteiger partial charge in [-0.15, -0.1) is 0 Å². The number of piperidine rings is 1. The molecule has 2 aliphatic rings. The van der Waals surface area contributed by atoms with E-state index in [2.05, 4.69) is 10.2 Å². The number of fused-ring (bicyclic) bond motifs is 1. The summed E-state index contributed by atoms with van der Waals surface area (Å²) in [6.45, 7) is 3.02. The van der Waals surface area contributed by atoms with Crippen molar-refractivity contribution in [3.05, 3.63) is 23.8 Å². The lowest BCUT2D eigenvalue weighted by Gasteiger charge is -2.35. The van der Waals surface area contributed by atoms with Crippen LogP contribution in [0.1, 0.15) is 37.4 Å². The molecule has 23 heavy (non-hydrogen) atoms. The molecule has 3 atom stereocenters.